The molecule has 0 radical (unpaired) electrons. The number of amides is 1. The van der Waals surface area contributed by atoms with Gasteiger partial charge in [0.2, 0.25) is 15.9 Å². The third-order valence-electron chi connectivity index (χ3n) is 4.50. The highest BCUT2D eigenvalue weighted by Crippen LogP contribution is 2.33. The molecule has 1 N–H and O–H groups in total. The van der Waals surface area contributed by atoms with E-state index in [2.05, 4.69) is 12.2 Å². The van der Waals surface area contributed by atoms with Crippen LogP contribution in [0.25, 0.3) is 0 Å². The lowest BCUT2D eigenvalue weighted by Crippen LogP contribution is -2.41. The summed E-state index contributed by atoms with van der Waals surface area (Å²) >= 11 is 0. The monoisotopic (exact) mass is 450 g/mol. The summed E-state index contributed by atoms with van der Waals surface area (Å²) in [5, 5.41) is 2.68. The van der Waals surface area contributed by atoms with Crippen LogP contribution in [0.4, 0.5) is 5.69 Å². The molecule has 0 bridgehead atoms. The Hall–Kier alpha value is -2.94. The molecule has 0 saturated carbocycles. The van der Waals surface area contributed by atoms with Crippen LogP contribution in [0.1, 0.15) is 18.9 Å². The SMILES string of the molecule is CCCc1ccc(OCCNC(=O)CN(c2ccc(OC)cc2OC)S(C)(=O)=O)cc1. The summed E-state index contributed by atoms with van der Waals surface area (Å²) in [6.45, 7) is 2.26. The highest BCUT2D eigenvalue weighted by molar-refractivity contribution is 7.92. The van der Waals surface area contributed by atoms with Crippen LogP contribution < -0.4 is 23.8 Å². The van der Waals surface area contributed by atoms with Gasteiger partial charge in [0.1, 0.15) is 30.4 Å². The van der Waals surface area contributed by atoms with Gasteiger partial charge in [-0.1, -0.05) is 25.5 Å². The fourth-order valence-electron chi connectivity index (χ4n) is 2.96. The molecule has 0 aliphatic rings. The maximum atomic E-state index is 12.4. The van der Waals surface area contributed by atoms with Crippen LogP contribution in [0, 0.1) is 0 Å². The number of methoxy groups -OCH3 is 2. The third-order valence-corrected chi connectivity index (χ3v) is 5.62. The van der Waals surface area contributed by atoms with Crippen molar-refractivity contribution < 1.29 is 27.4 Å². The van der Waals surface area contributed by atoms with Crippen molar-refractivity contribution >= 4 is 21.6 Å². The van der Waals surface area contributed by atoms with Gasteiger partial charge in [-0.05, 0) is 36.2 Å². The van der Waals surface area contributed by atoms with Crippen LogP contribution in [0.3, 0.4) is 0 Å². The summed E-state index contributed by atoms with van der Waals surface area (Å²) in [6.07, 6.45) is 3.14. The Kier molecular flexibility index (Phi) is 8.99. The molecule has 31 heavy (non-hydrogen) atoms. The Labute approximate surface area is 184 Å². The van der Waals surface area contributed by atoms with E-state index in [0.717, 1.165) is 29.2 Å². The number of rotatable bonds is 12. The van der Waals surface area contributed by atoms with Crippen molar-refractivity contribution in [2.75, 3.05) is 44.5 Å². The summed E-state index contributed by atoms with van der Waals surface area (Å²) in [5.74, 6) is 1.06. The Morgan fingerprint density at radius 3 is 2.29 bits per heavy atom. The third kappa shape index (κ3) is 7.36. The van der Waals surface area contributed by atoms with Gasteiger partial charge < -0.3 is 19.5 Å². The first kappa shape index (κ1) is 24.3. The first-order chi connectivity index (χ1) is 14.8. The number of benzene rings is 2. The molecule has 0 saturated heterocycles. The van der Waals surface area contributed by atoms with E-state index < -0.39 is 15.9 Å². The number of ether oxygens (including phenoxy) is 3. The zero-order valence-electron chi connectivity index (χ0n) is 18.4. The average Bonchev–Trinajstić information content (AvgIpc) is 2.75. The minimum absolute atomic E-state index is 0.243. The predicted octanol–water partition coefficient (Wildman–Crippen LogP) is 2.62. The molecule has 0 spiro atoms. The number of nitrogens with one attached hydrogen (secondary N) is 1. The molecule has 170 valence electrons. The topological polar surface area (TPSA) is 94.2 Å². The number of hydrogen-bond acceptors (Lipinski definition) is 6. The molecule has 0 aromatic heterocycles. The molecule has 2 rings (SSSR count). The molecule has 0 heterocycles. The van der Waals surface area contributed by atoms with Crippen LogP contribution in [-0.2, 0) is 21.2 Å². The van der Waals surface area contributed by atoms with Crippen LogP contribution in [0.5, 0.6) is 17.2 Å². The first-order valence-corrected chi connectivity index (χ1v) is 11.8. The van der Waals surface area contributed by atoms with Crippen molar-refractivity contribution in [2.45, 2.75) is 19.8 Å². The summed E-state index contributed by atoms with van der Waals surface area (Å²) in [4.78, 5) is 12.4. The smallest absolute Gasteiger partial charge is 0.240 e. The average molecular weight is 451 g/mol. The van der Waals surface area contributed by atoms with E-state index >= 15 is 0 Å². The largest absolute Gasteiger partial charge is 0.497 e. The van der Waals surface area contributed by atoms with Gasteiger partial charge >= 0.3 is 0 Å². The molecular formula is C22H30N2O6S. The fraction of sp³-hybridized carbons (Fsp3) is 0.409. The van der Waals surface area contributed by atoms with E-state index in [9.17, 15) is 13.2 Å². The van der Waals surface area contributed by atoms with Gasteiger partial charge in [0.25, 0.3) is 0 Å². The van der Waals surface area contributed by atoms with Gasteiger partial charge in [0, 0.05) is 6.07 Å². The van der Waals surface area contributed by atoms with Gasteiger partial charge in [-0.15, -0.1) is 0 Å². The standard InChI is InChI=1S/C22H30N2O6S/c1-5-6-17-7-9-18(10-8-17)30-14-13-23-22(25)16-24(31(4,26)27)20-12-11-19(28-2)15-21(20)29-3/h7-12,15H,5-6,13-14,16H2,1-4H3,(H,23,25). The molecular weight excluding hydrogens is 420 g/mol. The molecule has 0 aliphatic carbocycles. The van der Waals surface area contributed by atoms with Crippen molar-refractivity contribution in [1.29, 1.82) is 0 Å². The molecule has 0 fully saturated rings. The molecule has 8 nitrogen and oxygen atoms in total. The molecule has 9 heteroatoms. The molecule has 2 aromatic carbocycles. The summed E-state index contributed by atoms with van der Waals surface area (Å²) in [7, 11) is -0.808. The molecule has 0 unspecified atom stereocenters. The maximum absolute atomic E-state index is 12.4. The van der Waals surface area contributed by atoms with Crippen LogP contribution >= 0.6 is 0 Å². The Morgan fingerprint density at radius 1 is 1.03 bits per heavy atom. The van der Waals surface area contributed by atoms with Crippen molar-refractivity contribution in [3.05, 3.63) is 48.0 Å². The van der Waals surface area contributed by atoms with Gasteiger partial charge in [0.05, 0.1) is 32.7 Å². The van der Waals surface area contributed by atoms with E-state index in [1.165, 1.54) is 25.8 Å². The van der Waals surface area contributed by atoms with E-state index in [4.69, 9.17) is 14.2 Å². The van der Waals surface area contributed by atoms with Gasteiger partial charge in [-0.25, -0.2) is 8.42 Å². The maximum Gasteiger partial charge on any atom is 0.240 e. The number of hydrogen-bond donors (Lipinski definition) is 1. The number of anilines is 1. The minimum atomic E-state index is -3.73. The van der Waals surface area contributed by atoms with Gasteiger partial charge in [0.15, 0.2) is 0 Å². The second-order valence-electron chi connectivity index (χ2n) is 6.90. The number of sulfonamides is 1. The Balaban J connectivity index is 1.94. The number of nitrogens with zero attached hydrogens (tertiary/aromatic N) is 1. The molecule has 2 aromatic rings. The van der Waals surface area contributed by atoms with Gasteiger partial charge in [-0.2, -0.15) is 0 Å². The Morgan fingerprint density at radius 2 is 1.71 bits per heavy atom. The van der Waals surface area contributed by atoms with Crippen molar-refractivity contribution in [2.24, 2.45) is 0 Å². The lowest BCUT2D eigenvalue weighted by molar-refractivity contribution is -0.119. The highest BCUT2D eigenvalue weighted by atomic mass is 32.2. The van der Waals surface area contributed by atoms with Crippen LogP contribution in [-0.4, -0.2) is 54.5 Å². The van der Waals surface area contributed by atoms with E-state index in [1.807, 2.05) is 24.3 Å². The number of carbonyl (C=O) groups excluding carboxylic acids is 1. The molecule has 0 aliphatic heterocycles. The van der Waals surface area contributed by atoms with E-state index in [1.54, 1.807) is 12.1 Å². The summed E-state index contributed by atoms with van der Waals surface area (Å²) < 4.78 is 41.7. The molecule has 1 amide bonds. The van der Waals surface area contributed by atoms with E-state index in [-0.39, 0.29) is 31.1 Å². The molecule has 0 atom stereocenters. The van der Waals surface area contributed by atoms with Crippen LogP contribution in [0.15, 0.2) is 42.5 Å². The fourth-order valence-corrected chi connectivity index (χ4v) is 3.82. The zero-order valence-corrected chi connectivity index (χ0v) is 19.2. The van der Waals surface area contributed by atoms with Crippen molar-refractivity contribution in [3.63, 3.8) is 0 Å². The van der Waals surface area contributed by atoms with Crippen molar-refractivity contribution in [3.8, 4) is 17.2 Å². The van der Waals surface area contributed by atoms with E-state index in [0.29, 0.717) is 5.75 Å². The summed E-state index contributed by atoms with van der Waals surface area (Å²) in [5.41, 5.74) is 1.50. The highest BCUT2D eigenvalue weighted by Gasteiger charge is 2.24. The number of carbonyl (C=O) groups is 1. The van der Waals surface area contributed by atoms with Gasteiger partial charge in [-0.3, -0.25) is 9.10 Å². The Bertz CT molecular complexity index is 960. The quantitative estimate of drug-likeness (QED) is 0.500. The minimum Gasteiger partial charge on any atom is -0.497 e. The summed E-state index contributed by atoms with van der Waals surface area (Å²) in [6, 6.07) is 12.5. The lowest BCUT2D eigenvalue weighted by atomic mass is 10.1. The second kappa shape index (κ2) is 11.5. The lowest BCUT2D eigenvalue weighted by Gasteiger charge is -2.24. The van der Waals surface area contributed by atoms with Crippen molar-refractivity contribution in [1.82, 2.24) is 5.32 Å². The number of aryl methyl sites for hydroxylation is 1. The predicted molar refractivity (Wildman–Crippen MR) is 121 cm³/mol. The van der Waals surface area contributed by atoms with Crippen LogP contribution in [0.2, 0.25) is 0 Å². The second-order valence-corrected chi connectivity index (χ2v) is 8.81. The first-order valence-electron chi connectivity index (χ1n) is 9.96. The zero-order chi connectivity index (χ0) is 22.9. The normalized spacial score (nSPS) is 11.0.